The van der Waals surface area contributed by atoms with Crippen LogP contribution in [0.2, 0.25) is 0 Å². The molecule has 0 spiro atoms. The van der Waals surface area contributed by atoms with Crippen LogP contribution in [-0.4, -0.2) is 18.8 Å². The number of ether oxygens (including phenoxy) is 1. The number of hydrogen-bond donors (Lipinski definition) is 1. The molecule has 1 aliphatic carbocycles. The summed E-state index contributed by atoms with van der Waals surface area (Å²) in [4.78, 5) is 0. The maximum Gasteiger partial charge on any atom is 0.573 e. The molecule has 0 saturated heterocycles. The van der Waals surface area contributed by atoms with Gasteiger partial charge in [0.15, 0.2) is 0 Å². The molecule has 0 aromatic heterocycles. The second-order valence-corrected chi connectivity index (χ2v) is 4.77. The molecular formula is C12H12F5NO. The Labute approximate surface area is 106 Å². The first-order valence-electron chi connectivity index (χ1n) is 5.60. The Morgan fingerprint density at radius 3 is 2.00 bits per heavy atom. The lowest BCUT2D eigenvalue weighted by molar-refractivity contribution is -0.274. The molecular weight excluding hydrogens is 269 g/mol. The van der Waals surface area contributed by atoms with Gasteiger partial charge in [-0.1, -0.05) is 12.1 Å². The first kappa shape index (κ1) is 14.0. The number of rotatable bonds is 3. The van der Waals surface area contributed by atoms with Gasteiger partial charge in [0.05, 0.1) is 0 Å². The zero-order valence-corrected chi connectivity index (χ0v) is 9.81. The van der Waals surface area contributed by atoms with Gasteiger partial charge in [-0.25, -0.2) is 8.78 Å². The third-order valence-corrected chi connectivity index (χ3v) is 3.29. The largest absolute Gasteiger partial charge is 0.573 e. The molecule has 106 valence electrons. The molecule has 0 radical (unpaired) electrons. The van der Waals surface area contributed by atoms with Gasteiger partial charge in [0.1, 0.15) is 5.75 Å². The van der Waals surface area contributed by atoms with Crippen molar-refractivity contribution in [2.45, 2.75) is 30.5 Å². The van der Waals surface area contributed by atoms with Crippen LogP contribution in [-0.2, 0) is 5.41 Å². The highest BCUT2D eigenvalue weighted by molar-refractivity contribution is 5.36. The number of alkyl halides is 5. The maximum atomic E-state index is 13.0. The van der Waals surface area contributed by atoms with Crippen molar-refractivity contribution in [1.29, 1.82) is 0 Å². The van der Waals surface area contributed by atoms with Crippen molar-refractivity contribution in [1.82, 2.24) is 0 Å². The first-order valence-corrected chi connectivity index (χ1v) is 5.60. The van der Waals surface area contributed by atoms with E-state index in [1.54, 1.807) is 0 Å². The molecule has 1 aliphatic rings. The van der Waals surface area contributed by atoms with E-state index in [1.807, 2.05) is 0 Å². The summed E-state index contributed by atoms with van der Waals surface area (Å²) in [6, 6.07) is 4.92. The highest BCUT2D eigenvalue weighted by atomic mass is 19.4. The summed E-state index contributed by atoms with van der Waals surface area (Å²) in [5, 5.41) is 0. The number of halogens is 5. The Kier molecular flexibility index (Phi) is 3.20. The summed E-state index contributed by atoms with van der Waals surface area (Å²) in [5.74, 6) is -3.13. The van der Waals surface area contributed by atoms with E-state index in [1.165, 1.54) is 12.1 Å². The molecule has 2 N–H and O–H groups in total. The van der Waals surface area contributed by atoms with Crippen LogP contribution in [0.1, 0.15) is 18.4 Å². The summed E-state index contributed by atoms with van der Waals surface area (Å²) >= 11 is 0. The lowest BCUT2D eigenvalue weighted by Crippen LogP contribution is -2.53. The highest BCUT2D eigenvalue weighted by Gasteiger charge is 2.56. The summed E-state index contributed by atoms with van der Waals surface area (Å²) in [5.41, 5.74) is 5.18. The predicted octanol–water partition coefficient (Wildman–Crippen LogP) is 3.21. The third kappa shape index (κ3) is 2.97. The monoisotopic (exact) mass is 281 g/mol. The third-order valence-electron chi connectivity index (χ3n) is 3.29. The van der Waals surface area contributed by atoms with Crippen LogP contribution in [0.5, 0.6) is 5.75 Å². The zero-order chi connectivity index (χ0) is 14.3. The van der Waals surface area contributed by atoms with Crippen LogP contribution in [0.4, 0.5) is 22.0 Å². The van der Waals surface area contributed by atoms with Crippen LogP contribution >= 0.6 is 0 Å². The summed E-state index contributed by atoms with van der Waals surface area (Å²) in [6.45, 7) is 0.0298. The molecule has 2 rings (SSSR count). The molecule has 1 aromatic carbocycles. The number of benzene rings is 1. The molecule has 1 saturated carbocycles. The summed E-state index contributed by atoms with van der Waals surface area (Å²) in [7, 11) is 0. The topological polar surface area (TPSA) is 35.2 Å². The second kappa shape index (κ2) is 4.33. The van der Waals surface area contributed by atoms with E-state index in [-0.39, 0.29) is 25.1 Å². The van der Waals surface area contributed by atoms with Gasteiger partial charge in [-0.2, -0.15) is 0 Å². The Balaban J connectivity index is 2.14. The van der Waals surface area contributed by atoms with Gasteiger partial charge in [0.2, 0.25) is 5.92 Å². The van der Waals surface area contributed by atoms with E-state index in [0.717, 1.165) is 12.1 Å². The Hall–Kier alpha value is -1.37. The van der Waals surface area contributed by atoms with Crippen molar-refractivity contribution in [2.75, 3.05) is 6.54 Å². The molecule has 7 heteroatoms. The molecule has 1 fully saturated rings. The maximum absolute atomic E-state index is 13.0. The molecule has 0 unspecified atom stereocenters. The van der Waals surface area contributed by atoms with Gasteiger partial charge in [0, 0.05) is 24.8 Å². The van der Waals surface area contributed by atoms with Crippen molar-refractivity contribution in [2.24, 2.45) is 5.73 Å². The molecule has 2 nitrogen and oxygen atoms in total. The second-order valence-electron chi connectivity index (χ2n) is 4.77. The van der Waals surface area contributed by atoms with Gasteiger partial charge in [0.25, 0.3) is 0 Å². The number of hydrogen-bond acceptors (Lipinski definition) is 2. The van der Waals surface area contributed by atoms with Gasteiger partial charge in [-0.05, 0) is 17.7 Å². The van der Waals surface area contributed by atoms with E-state index in [2.05, 4.69) is 4.74 Å². The van der Waals surface area contributed by atoms with Gasteiger partial charge in [-0.3, -0.25) is 0 Å². The van der Waals surface area contributed by atoms with Crippen LogP contribution < -0.4 is 10.5 Å². The fourth-order valence-corrected chi connectivity index (χ4v) is 2.41. The molecule has 0 amide bonds. The quantitative estimate of drug-likeness (QED) is 0.863. The zero-order valence-electron chi connectivity index (χ0n) is 9.81. The van der Waals surface area contributed by atoms with E-state index in [4.69, 9.17) is 5.73 Å². The normalized spacial score (nSPS) is 20.7. The van der Waals surface area contributed by atoms with Crippen LogP contribution in [0, 0.1) is 0 Å². The lowest BCUT2D eigenvalue weighted by atomic mass is 9.62. The lowest BCUT2D eigenvalue weighted by Gasteiger charge is -2.47. The molecule has 0 aliphatic heterocycles. The summed E-state index contributed by atoms with van der Waals surface area (Å²) < 4.78 is 65.6. The average Bonchev–Trinajstić information content (AvgIpc) is 2.24. The summed E-state index contributed by atoms with van der Waals surface area (Å²) in [6.07, 6.45) is -5.53. The van der Waals surface area contributed by atoms with E-state index < -0.39 is 17.7 Å². The first-order chi connectivity index (χ1) is 8.66. The smallest absolute Gasteiger partial charge is 0.406 e. The molecule has 0 heterocycles. The molecule has 19 heavy (non-hydrogen) atoms. The van der Waals surface area contributed by atoms with E-state index >= 15 is 0 Å². The highest BCUT2D eigenvalue weighted by Crippen LogP contribution is 2.52. The van der Waals surface area contributed by atoms with Crippen molar-refractivity contribution < 1.29 is 26.7 Å². The minimum atomic E-state index is -4.77. The molecule has 0 bridgehead atoms. The Morgan fingerprint density at radius 2 is 1.63 bits per heavy atom. The number of nitrogens with two attached hydrogens (primary N) is 1. The van der Waals surface area contributed by atoms with E-state index in [9.17, 15) is 22.0 Å². The van der Waals surface area contributed by atoms with Crippen molar-refractivity contribution in [3.05, 3.63) is 29.8 Å². The van der Waals surface area contributed by atoms with Gasteiger partial charge < -0.3 is 10.5 Å². The molecule has 1 aromatic rings. The van der Waals surface area contributed by atoms with Crippen molar-refractivity contribution in [3.8, 4) is 5.75 Å². The van der Waals surface area contributed by atoms with Crippen LogP contribution in [0.3, 0.4) is 0 Å². The minimum Gasteiger partial charge on any atom is -0.406 e. The van der Waals surface area contributed by atoms with E-state index in [0.29, 0.717) is 5.56 Å². The predicted molar refractivity (Wildman–Crippen MR) is 58.0 cm³/mol. The van der Waals surface area contributed by atoms with Gasteiger partial charge in [-0.15, -0.1) is 13.2 Å². The Bertz CT molecular complexity index is 446. The van der Waals surface area contributed by atoms with Gasteiger partial charge >= 0.3 is 6.36 Å². The van der Waals surface area contributed by atoms with Crippen molar-refractivity contribution in [3.63, 3.8) is 0 Å². The minimum absolute atomic E-state index is 0.0298. The standard InChI is InChI=1S/C12H12F5NO/c13-11(14)5-10(6-11,7-18)8-1-3-9(4-2-8)19-12(15,16)17/h1-4H,5-7,18H2. The van der Waals surface area contributed by atoms with Crippen LogP contribution in [0.15, 0.2) is 24.3 Å². The fourth-order valence-electron chi connectivity index (χ4n) is 2.41. The fraction of sp³-hybridized carbons (Fsp3) is 0.500. The van der Waals surface area contributed by atoms with Crippen LogP contribution in [0.25, 0.3) is 0 Å². The van der Waals surface area contributed by atoms with Crippen molar-refractivity contribution >= 4 is 0 Å². The SMILES string of the molecule is NCC1(c2ccc(OC(F)(F)F)cc2)CC(F)(F)C1. The molecule has 0 atom stereocenters. The Morgan fingerprint density at radius 1 is 1.11 bits per heavy atom. The average molecular weight is 281 g/mol.